The number of ether oxygens (including phenoxy) is 1. The van der Waals surface area contributed by atoms with E-state index in [1.165, 1.54) is 11.0 Å². The highest BCUT2D eigenvalue weighted by molar-refractivity contribution is 6.62. The Morgan fingerprint density at radius 3 is 2.26 bits per heavy atom. The molecule has 0 N–H and O–H groups in total. The number of halogens is 3. The smallest absolute Gasteiger partial charge is 0.444 e. The summed E-state index contributed by atoms with van der Waals surface area (Å²) in [5.41, 5.74) is -3.03. The third-order valence-electron chi connectivity index (χ3n) is 5.98. The van der Waals surface area contributed by atoms with E-state index < -0.39 is 41.9 Å². The molecular weight excluding hydrogens is 412 g/mol. The van der Waals surface area contributed by atoms with E-state index in [1.54, 1.807) is 54.5 Å². The van der Waals surface area contributed by atoms with Crippen LogP contribution in [0.2, 0.25) is 0 Å². The number of hydrogen-bond donors (Lipinski definition) is 0. The molecule has 0 spiro atoms. The minimum Gasteiger partial charge on any atom is -0.444 e. The molecule has 2 fully saturated rings. The molecule has 0 saturated carbocycles. The molecule has 0 radical (unpaired) electrons. The Hall–Kier alpha value is -1.81. The number of carbonyl (C=O) groups is 1. The van der Waals surface area contributed by atoms with E-state index in [0.717, 1.165) is 0 Å². The van der Waals surface area contributed by atoms with E-state index in [9.17, 15) is 18.0 Å². The number of nitrogens with zero attached hydrogens (tertiary/aromatic N) is 2. The standard InChI is InChI=1S/C21H30BF3N2O4/c1-18(2,3)29-17(28)27-11-10-13(12-27)15-9-8-14(16(26-15)21(23,24)25)22-30-19(4,5)20(6,7)31-22/h8-9,13H,10-12H2,1-7H3. The average molecular weight is 442 g/mol. The Bertz CT molecular complexity index is 836. The van der Waals surface area contributed by atoms with Crippen LogP contribution >= 0.6 is 0 Å². The maximum atomic E-state index is 13.9. The van der Waals surface area contributed by atoms with Gasteiger partial charge in [0.1, 0.15) is 11.3 Å². The molecule has 172 valence electrons. The maximum absolute atomic E-state index is 13.9. The summed E-state index contributed by atoms with van der Waals surface area (Å²) in [5.74, 6) is -0.305. The molecule has 1 amide bonds. The molecule has 6 nitrogen and oxygen atoms in total. The predicted octanol–water partition coefficient (Wildman–Crippen LogP) is 4.12. The van der Waals surface area contributed by atoms with Gasteiger partial charge in [-0.25, -0.2) is 9.78 Å². The van der Waals surface area contributed by atoms with Crippen molar-refractivity contribution in [2.45, 2.75) is 83.8 Å². The summed E-state index contributed by atoms with van der Waals surface area (Å²) < 4.78 is 58.7. The molecule has 0 aromatic carbocycles. The number of pyridine rings is 1. The first kappa shape index (κ1) is 23.8. The van der Waals surface area contributed by atoms with Crippen molar-refractivity contribution in [1.29, 1.82) is 0 Å². The lowest BCUT2D eigenvalue weighted by atomic mass is 9.77. The molecule has 2 aliphatic heterocycles. The molecule has 1 atom stereocenters. The predicted molar refractivity (Wildman–Crippen MR) is 110 cm³/mol. The molecule has 2 saturated heterocycles. The van der Waals surface area contributed by atoms with E-state index in [2.05, 4.69) is 4.98 Å². The number of likely N-dealkylation sites (tertiary alicyclic amines) is 1. The fraction of sp³-hybridized carbons (Fsp3) is 0.714. The van der Waals surface area contributed by atoms with Crippen LogP contribution in [-0.4, -0.2) is 53.0 Å². The van der Waals surface area contributed by atoms with Crippen LogP contribution in [0.3, 0.4) is 0 Å². The summed E-state index contributed by atoms with van der Waals surface area (Å²) >= 11 is 0. The van der Waals surface area contributed by atoms with Crippen LogP contribution in [0.25, 0.3) is 0 Å². The summed E-state index contributed by atoms with van der Waals surface area (Å²) in [6.07, 6.45) is -4.63. The number of amides is 1. The average Bonchev–Trinajstić information content (AvgIpc) is 3.15. The Morgan fingerprint density at radius 2 is 1.74 bits per heavy atom. The zero-order chi connectivity index (χ0) is 23.4. The lowest BCUT2D eigenvalue weighted by Gasteiger charge is -2.32. The van der Waals surface area contributed by atoms with Gasteiger partial charge in [-0.3, -0.25) is 0 Å². The van der Waals surface area contributed by atoms with Crippen LogP contribution in [0.4, 0.5) is 18.0 Å². The number of aromatic nitrogens is 1. The molecule has 1 aromatic heterocycles. The third kappa shape index (κ3) is 5.00. The second-order valence-corrected chi connectivity index (χ2v) is 10.2. The molecule has 0 bridgehead atoms. The van der Waals surface area contributed by atoms with Gasteiger partial charge in [0.15, 0.2) is 0 Å². The summed E-state index contributed by atoms with van der Waals surface area (Å²) in [5, 5.41) is 0. The Kier molecular flexibility index (Phi) is 5.89. The molecule has 1 unspecified atom stereocenters. The van der Waals surface area contributed by atoms with Gasteiger partial charge in [-0.1, -0.05) is 6.07 Å². The van der Waals surface area contributed by atoms with Gasteiger partial charge in [0.05, 0.1) is 11.2 Å². The van der Waals surface area contributed by atoms with E-state index >= 15 is 0 Å². The van der Waals surface area contributed by atoms with Gasteiger partial charge in [-0.05, 0) is 61.0 Å². The van der Waals surface area contributed by atoms with Crippen molar-refractivity contribution in [3.63, 3.8) is 0 Å². The van der Waals surface area contributed by atoms with Crippen molar-refractivity contribution in [1.82, 2.24) is 9.88 Å². The van der Waals surface area contributed by atoms with Gasteiger partial charge in [-0.2, -0.15) is 13.2 Å². The van der Waals surface area contributed by atoms with Crippen LogP contribution in [0.1, 0.15) is 72.2 Å². The van der Waals surface area contributed by atoms with Gasteiger partial charge in [-0.15, -0.1) is 0 Å². The first-order valence-corrected chi connectivity index (χ1v) is 10.4. The van der Waals surface area contributed by atoms with Gasteiger partial charge >= 0.3 is 19.4 Å². The highest BCUT2D eigenvalue weighted by Gasteiger charge is 2.54. The van der Waals surface area contributed by atoms with Crippen molar-refractivity contribution in [3.8, 4) is 0 Å². The summed E-state index contributed by atoms with van der Waals surface area (Å²) in [6, 6.07) is 2.95. The topological polar surface area (TPSA) is 60.9 Å². The van der Waals surface area contributed by atoms with E-state index in [4.69, 9.17) is 14.0 Å². The van der Waals surface area contributed by atoms with Crippen molar-refractivity contribution in [3.05, 3.63) is 23.5 Å². The fourth-order valence-electron chi connectivity index (χ4n) is 3.59. The molecule has 10 heteroatoms. The van der Waals surface area contributed by atoms with E-state index in [0.29, 0.717) is 18.7 Å². The zero-order valence-electron chi connectivity index (χ0n) is 19.1. The first-order chi connectivity index (χ1) is 14.0. The zero-order valence-corrected chi connectivity index (χ0v) is 19.1. The number of carbonyl (C=O) groups excluding carboxylic acids is 1. The molecule has 1 aromatic rings. The molecule has 3 heterocycles. The Morgan fingerprint density at radius 1 is 1.16 bits per heavy atom. The van der Waals surface area contributed by atoms with Gasteiger partial charge in [0.2, 0.25) is 0 Å². The van der Waals surface area contributed by atoms with Crippen molar-refractivity contribution >= 4 is 18.7 Å². The largest absolute Gasteiger partial charge is 0.497 e. The molecule has 2 aliphatic rings. The lowest BCUT2D eigenvalue weighted by Crippen LogP contribution is -2.41. The SMILES string of the molecule is CC(C)(C)OC(=O)N1CCC(c2ccc(B3OC(C)(C)C(C)(C)O3)c(C(F)(F)F)n2)C1. The first-order valence-electron chi connectivity index (χ1n) is 10.4. The van der Waals surface area contributed by atoms with E-state index in [1.807, 2.05) is 0 Å². The normalized spacial score (nSPS) is 23.4. The molecule has 31 heavy (non-hydrogen) atoms. The quantitative estimate of drug-likeness (QED) is 0.645. The van der Waals surface area contributed by atoms with Crippen LogP contribution in [0.15, 0.2) is 12.1 Å². The van der Waals surface area contributed by atoms with E-state index in [-0.39, 0.29) is 17.9 Å². The van der Waals surface area contributed by atoms with Crippen LogP contribution in [-0.2, 0) is 20.2 Å². The summed E-state index contributed by atoms with van der Waals surface area (Å²) in [4.78, 5) is 17.8. The van der Waals surface area contributed by atoms with Crippen molar-refractivity contribution in [2.24, 2.45) is 0 Å². The summed E-state index contributed by atoms with van der Waals surface area (Å²) in [7, 11) is -1.16. The van der Waals surface area contributed by atoms with Gasteiger partial charge in [0, 0.05) is 30.2 Å². The minimum atomic E-state index is -4.67. The number of alkyl halides is 3. The fourth-order valence-corrected chi connectivity index (χ4v) is 3.59. The highest BCUT2D eigenvalue weighted by Crippen LogP contribution is 2.38. The summed E-state index contributed by atoms with van der Waals surface area (Å²) in [6.45, 7) is 13.1. The molecule has 3 rings (SSSR count). The van der Waals surface area contributed by atoms with Crippen LogP contribution < -0.4 is 5.46 Å². The third-order valence-corrected chi connectivity index (χ3v) is 5.98. The Balaban J connectivity index is 1.84. The number of rotatable bonds is 2. The highest BCUT2D eigenvalue weighted by atomic mass is 19.4. The van der Waals surface area contributed by atoms with Crippen molar-refractivity contribution in [2.75, 3.05) is 13.1 Å². The van der Waals surface area contributed by atoms with Crippen LogP contribution in [0, 0.1) is 0 Å². The van der Waals surface area contributed by atoms with Crippen molar-refractivity contribution < 1.29 is 32.0 Å². The van der Waals surface area contributed by atoms with Gasteiger partial charge < -0.3 is 18.9 Å². The maximum Gasteiger partial charge on any atom is 0.497 e. The lowest BCUT2D eigenvalue weighted by molar-refractivity contribution is -0.140. The molecule has 0 aliphatic carbocycles. The molecular formula is C21H30BF3N2O4. The van der Waals surface area contributed by atoms with Crippen LogP contribution in [0.5, 0.6) is 0 Å². The minimum absolute atomic E-state index is 0.142. The monoisotopic (exact) mass is 442 g/mol. The Labute approximate surface area is 181 Å². The number of hydrogen-bond acceptors (Lipinski definition) is 5. The second-order valence-electron chi connectivity index (χ2n) is 10.2. The second kappa shape index (κ2) is 7.65. The van der Waals surface area contributed by atoms with Gasteiger partial charge in [0.25, 0.3) is 0 Å².